The Hall–Kier alpha value is -5.39. The maximum Gasteiger partial charge on any atom is 0.315 e. The number of aromatic nitrogens is 3. The van der Waals surface area contributed by atoms with Gasteiger partial charge in [0.25, 0.3) is 20.2 Å². The van der Waals surface area contributed by atoms with Crippen molar-refractivity contribution in [2.75, 3.05) is 16.8 Å². The summed E-state index contributed by atoms with van der Waals surface area (Å²) in [6.45, 7) is 2.28. The predicted octanol–water partition coefficient (Wildman–Crippen LogP) is 7.26. The molecule has 0 bridgehead atoms. The molecule has 0 atom stereocenters. The van der Waals surface area contributed by atoms with E-state index in [1.807, 2.05) is 37.3 Å². The highest BCUT2D eigenvalue weighted by molar-refractivity contribution is 7.94. The van der Waals surface area contributed by atoms with Crippen molar-refractivity contribution < 1.29 is 50.1 Å². The Labute approximate surface area is 298 Å². The lowest BCUT2D eigenvalue weighted by molar-refractivity contribution is -0.432. The molecule has 0 saturated heterocycles. The molecule has 268 valence electrons. The Balaban J connectivity index is 1.40. The molecule has 0 aliphatic carbocycles. The van der Waals surface area contributed by atoms with Crippen LogP contribution in [0.3, 0.4) is 0 Å². The minimum Gasteiger partial charge on any atom is -0.505 e. The summed E-state index contributed by atoms with van der Waals surface area (Å²) in [6, 6.07) is 20.5. The monoisotopic (exact) mass is 769 g/mol. The van der Waals surface area contributed by atoms with Gasteiger partial charge in [-0.2, -0.15) is 41.3 Å². The molecule has 0 aliphatic heterocycles. The molecule has 6 rings (SSSR count). The number of hydrogen-bond donors (Lipinski definition) is 5. The van der Waals surface area contributed by atoms with E-state index in [4.69, 9.17) is 5.26 Å². The summed E-state index contributed by atoms with van der Waals surface area (Å²) in [4.78, 5) is 12.2. The lowest BCUT2D eigenvalue weighted by Crippen LogP contribution is -2.20. The number of phenols is 1. The molecule has 5 aromatic carbocycles. The van der Waals surface area contributed by atoms with Gasteiger partial charge in [-0.25, -0.2) is 5.26 Å². The Morgan fingerprint density at radius 1 is 0.846 bits per heavy atom. The maximum absolute atomic E-state index is 14.6. The van der Waals surface area contributed by atoms with Crippen LogP contribution in [-0.4, -0.2) is 57.8 Å². The average Bonchev–Trinajstić information content (AvgIpc) is 3.09. The molecule has 0 radical (unpaired) electrons. The molecule has 17 nitrogen and oxygen atoms in total. The lowest BCUT2D eigenvalue weighted by atomic mass is 10.1. The number of rotatable bonds is 12. The van der Waals surface area contributed by atoms with Gasteiger partial charge in [0.05, 0.1) is 22.6 Å². The van der Waals surface area contributed by atoms with Gasteiger partial charge in [0.1, 0.15) is 15.5 Å². The zero-order valence-electron chi connectivity index (χ0n) is 26.3. The van der Waals surface area contributed by atoms with Crippen molar-refractivity contribution in [3.8, 4) is 5.75 Å². The lowest BCUT2D eigenvalue weighted by Gasteiger charge is -2.21. The third kappa shape index (κ3) is 7.75. The van der Waals surface area contributed by atoms with Gasteiger partial charge in [-0.3, -0.25) is 9.11 Å². The van der Waals surface area contributed by atoms with Gasteiger partial charge < -0.3 is 15.3 Å². The largest absolute Gasteiger partial charge is 0.505 e. The van der Waals surface area contributed by atoms with Crippen LogP contribution in [0.1, 0.15) is 6.92 Å². The van der Waals surface area contributed by atoms with Crippen LogP contribution in [0.15, 0.2) is 110 Å². The first-order valence-electron chi connectivity index (χ1n) is 14.7. The standard InChI is InChI=1S/C31H24FN7O10S3/c1-2-39(20-7-4-3-5-8-20)31-35-29(32)34-30(36-31)33-18-11-12-21-17(13-18)14-24(50-49-48-41)27(28(21)40)38-37-19-15-23-22(26(16-19)52(45,46)47)9-6-10-25(23)51(42,43)44/h3-16,40-41H,2H2,1H3,(H,42,43,44)(H,45,46,47)(H,33,34,35,36). The number of halogens is 1. The van der Waals surface area contributed by atoms with Crippen molar-refractivity contribution in [1.82, 2.24) is 15.0 Å². The van der Waals surface area contributed by atoms with Gasteiger partial charge in [-0.15, -0.1) is 9.45 Å². The molecule has 21 heteroatoms. The number of nitrogens with zero attached hydrogens (tertiary/aromatic N) is 6. The molecule has 1 aromatic heterocycles. The average molecular weight is 770 g/mol. The van der Waals surface area contributed by atoms with Crippen LogP contribution < -0.4 is 10.2 Å². The van der Waals surface area contributed by atoms with Crippen LogP contribution >= 0.6 is 12.0 Å². The first-order chi connectivity index (χ1) is 24.8. The minimum atomic E-state index is -4.94. The van der Waals surface area contributed by atoms with E-state index in [0.717, 1.165) is 23.9 Å². The van der Waals surface area contributed by atoms with Crippen LogP contribution in [0, 0.1) is 6.08 Å². The summed E-state index contributed by atoms with van der Waals surface area (Å²) < 4.78 is 87.3. The van der Waals surface area contributed by atoms with E-state index in [-0.39, 0.29) is 44.3 Å². The van der Waals surface area contributed by atoms with Gasteiger partial charge in [0.2, 0.25) is 11.9 Å². The molecular weight excluding hydrogens is 746 g/mol. The maximum atomic E-state index is 14.6. The molecule has 0 saturated carbocycles. The molecule has 0 amide bonds. The summed E-state index contributed by atoms with van der Waals surface area (Å²) in [5.41, 5.74) is 0.525. The summed E-state index contributed by atoms with van der Waals surface area (Å²) in [5, 5.41) is 34.7. The Morgan fingerprint density at radius 3 is 2.29 bits per heavy atom. The van der Waals surface area contributed by atoms with Crippen LogP contribution in [0.5, 0.6) is 5.75 Å². The third-order valence-electron chi connectivity index (χ3n) is 7.41. The second kappa shape index (κ2) is 14.7. The van der Waals surface area contributed by atoms with Crippen molar-refractivity contribution in [1.29, 1.82) is 0 Å². The number of aromatic hydroxyl groups is 1. The van der Waals surface area contributed by atoms with E-state index in [9.17, 15) is 35.4 Å². The zero-order chi connectivity index (χ0) is 37.2. The van der Waals surface area contributed by atoms with E-state index in [1.165, 1.54) is 30.3 Å². The number of para-hydroxylation sites is 1. The molecule has 0 spiro atoms. The van der Waals surface area contributed by atoms with Crippen LogP contribution in [0.2, 0.25) is 0 Å². The molecule has 52 heavy (non-hydrogen) atoms. The zero-order valence-corrected chi connectivity index (χ0v) is 28.8. The number of fused-ring (bicyclic) bond motifs is 2. The Kier molecular flexibility index (Phi) is 10.3. The number of azo groups is 1. The van der Waals surface area contributed by atoms with Crippen LogP contribution in [0.4, 0.5) is 39.0 Å². The first-order valence-corrected chi connectivity index (χ1v) is 18.3. The first kappa shape index (κ1) is 36.4. The highest BCUT2D eigenvalue weighted by Crippen LogP contribution is 2.45. The summed E-state index contributed by atoms with van der Waals surface area (Å²) in [6.07, 6.45) is -1.03. The van der Waals surface area contributed by atoms with E-state index >= 15 is 0 Å². The molecule has 6 aromatic rings. The van der Waals surface area contributed by atoms with Gasteiger partial charge >= 0.3 is 6.08 Å². The van der Waals surface area contributed by atoms with Gasteiger partial charge in [-0.05, 0) is 66.9 Å². The van der Waals surface area contributed by atoms with Crippen molar-refractivity contribution >= 4 is 88.5 Å². The number of phenolic OH excluding ortho intramolecular Hbond substituents is 1. The highest BCUT2D eigenvalue weighted by atomic mass is 32.2. The Morgan fingerprint density at radius 2 is 1.60 bits per heavy atom. The molecule has 0 fully saturated rings. The van der Waals surface area contributed by atoms with E-state index in [0.29, 0.717) is 29.7 Å². The fourth-order valence-electron chi connectivity index (χ4n) is 5.25. The normalized spacial score (nSPS) is 12.2. The van der Waals surface area contributed by atoms with Gasteiger partial charge in [-0.1, -0.05) is 35.4 Å². The summed E-state index contributed by atoms with van der Waals surface area (Å²) >= 11 is 0.402. The minimum absolute atomic E-state index is 0.00399. The van der Waals surface area contributed by atoms with E-state index in [1.54, 1.807) is 11.0 Å². The molecule has 0 unspecified atom stereocenters. The topological polar surface area (TPSA) is 246 Å². The van der Waals surface area contributed by atoms with E-state index in [2.05, 4.69) is 39.9 Å². The summed E-state index contributed by atoms with van der Waals surface area (Å²) in [5.74, 6) is -0.531. The van der Waals surface area contributed by atoms with Crippen LogP contribution in [0.25, 0.3) is 21.5 Å². The molecule has 1 heterocycles. The molecule has 0 aliphatic rings. The second-order valence-corrected chi connectivity index (χ2v) is 14.1. The molecule has 5 N–H and O–H groups in total. The van der Waals surface area contributed by atoms with Crippen molar-refractivity contribution in [2.24, 2.45) is 10.2 Å². The highest BCUT2D eigenvalue weighted by Gasteiger charge is 2.22. The fraction of sp³-hybridized carbons (Fsp3) is 0.0645. The molecular formula is C31H24FN7O10S3. The van der Waals surface area contributed by atoms with Crippen molar-refractivity contribution in [2.45, 2.75) is 21.6 Å². The van der Waals surface area contributed by atoms with Crippen LogP contribution in [-0.2, 0) is 29.6 Å². The quantitative estimate of drug-likeness (QED) is 0.0270. The number of benzene rings is 5. The number of anilines is 4. The predicted molar refractivity (Wildman–Crippen MR) is 186 cm³/mol. The summed E-state index contributed by atoms with van der Waals surface area (Å²) in [7, 11) is -9.79. The van der Waals surface area contributed by atoms with Gasteiger partial charge in [0.15, 0.2) is 5.75 Å². The Bertz CT molecular complexity index is 2580. The van der Waals surface area contributed by atoms with E-state index < -0.39 is 41.9 Å². The van der Waals surface area contributed by atoms with Gasteiger partial charge in [0, 0.05) is 34.1 Å². The number of hydrogen-bond acceptors (Lipinski definition) is 16. The smallest absolute Gasteiger partial charge is 0.315 e. The SMILES string of the molecule is CCN(c1ccccc1)c1nc(F)nc(Nc2ccc3c(O)c(N=Nc4cc(S(=O)(=O)O)c5cccc(S(=O)(=O)O)c5c4)c(SOOO)cc3c2)n1. The van der Waals surface area contributed by atoms with Crippen molar-refractivity contribution in [3.63, 3.8) is 0 Å². The van der Waals surface area contributed by atoms with Crippen molar-refractivity contribution in [3.05, 3.63) is 91.0 Å². The fourth-order valence-corrected chi connectivity index (χ4v) is 7.17. The second-order valence-electron chi connectivity index (χ2n) is 10.6. The number of nitrogens with one attached hydrogen (secondary N) is 1. The third-order valence-corrected chi connectivity index (χ3v) is 9.83.